The molecule has 0 heterocycles. The minimum Gasteiger partial charge on any atom is -0.387 e. The Balaban J connectivity index is 3.36. The van der Waals surface area contributed by atoms with E-state index in [9.17, 15) is 13.2 Å². The van der Waals surface area contributed by atoms with E-state index in [1.54, 1.807) is 6.92 Å². The van der Waals surface area contributed by atoms with Crippen molar-refractivity contribution in [3.05, 3.63) is 28.8 Å². The molecule has 1 rings (SSSR count). The van der Waals surface area contributed by atoms with Gasteiger partial charge in [-0.05, 0) is 12.1 Å². The predicted molar refractivity (Wildman–Crippen MR) is 58.0 cm³/mol. The lowest BCUT2D eigenvalue weighted by Gasteiger charge is -2.11. The lowest BCUT2D eigenvalue weighted by Crippen LogP contribution is -2.11. The molecule has 0 aliphatic rings. The molecule has 16 heavy (non-hydrogen) atoms. The van der Waals surface area contributed by atoms with Crippen LogP contribution in [0.4, 0.5) is 18.9 Å². The molecule has 0 amide bonds. The number of nitrogens with zero attached hydrogens (tertiary/aromatic N) is 1. The van der Waals surface area contributed by atoms with Gasteiger partial charge < -0.3 is 5.73 Å². The quantitative estimate of drug-likeness (QED) is 0.630. The Morgan fingerprint density at radius 1 is 1.44 bits per heavy atom. The van der Waals surface area contributed by atoms with Crippen LogP contribution in [0, 0.1) is 0 Å². The van der Waals surface area contributed by atoms with E-state index < -0.39 is 11.7 Å². The molecule has 0 unspecified atom stereocenters. The molecule has 0 atom stereocenters. The average Bonchev–Trinajstić information content (AvgIpc) is 2.19. The van der Waals surface area contributed by atoms with Crippen LogP contribution in [0.3, 0.4) is 0 Å². The van der Waals surface area contributed by atoms with Crippen molar-refractivity contribution in [3.8, 4) is 0 Å². The maximum atomic E-state index is 12.6. The highest BCUT2D eigenvalue weighted by Gasteiger charge is 2.34. The van der Waals surface area contributed by atoms with Crippen LogP contribution in [0.2, 0.25) is 5.02 Å². The maximum absolute atomic E-state index is 12.6. The molecule has 2 nitrogen and oxygen atoms in total. The molecule has 0 bridgehead atoms. The van der Waals surface area contributed by atoms with Crippen LogP contribution < -0.4 is 5.73 Å². The standard InChI is InChI=1S/C10H10ClF3N2/c1-2-8(15)16-9-6(10(12,13)14)4-3-5-7(9)11/h3-5H,2H2,1H3,(H2,15,16). The number of aliphatic imine (C=N–C) groups is 1. The lowest BCUT2D eigenvalue weighted by molar-refractivity contribution is -0.137. The highest BCUT2D eigenvalue weighted by atomic mass is 35.5. The summed E-state index contributed by atoms with van der Waals surface area (Å²) in [5.41, 5.74) is 4.21. The third kappa shape index (κ3) is 2.88. The van der Waals surface area contributed by atoms with Crippen molar-refractivity contribution in [1.82, 2.24) is 0 Å². The van der Waals surface area contributed by atoms with Crippen molar-refractivity contribution in [2.24, 2.45) is 10.7 Å². The Morgan fingerprint density at radius 3 is 2.56 bits per heavy atom. The number of hydrogen-bond donors (Lipinski definition) is 1. The van der Waals surface area contributed by atoms with Gasteiger partial charge in [0.25, 0.3) is 0 Å². The second-order valence-corrected chi connectivity index (χ2v) is 3.50. The summed E-state index contributed by atoms with van der Waals surface area (Å²) in [5.74, 6) is 0.110. The van der Waals surface area contributed by atoms with E-state index in [-0.39, 0.29) is 16.5 Å². The fraction of sp³-hybridized carbons (Fsp3) is 0.300. The third-order valence-electron chi connectivity index (χ3n) is 1.91. The molecule has 88 valence electrons. The van der Waals surface area contributed by atoms with Crippen LogP contribution >= 0.6 is 11.6 Å². The van der Waals surface area contributed by atoms with Crippen molar-refractivity contribution >= 4 is 23.1 Å². The zero-order chi connectivity index (χ0) is 12.3. The van der Waals surface area contributed by atoms with E-state index >= 15 is 0 Å². The third-order valence-corrected chi connectivity index (χ3v) is 2.21. The Bertz CT molecular complexity index is 413. The summed E-state index contributed by atoms with van der Waals surface area (Å²) in [6.45, 7) is 1.70. The van der Waals surface area contributed by atoms with Crippen LogP contribution in [-0.2, 0) is 6.18 Å². The van der Waals surface area contributed by atoms with Crippen molar-refractivity contribution in [1.29, 1.82) is 0 Å². The summed E-state index contributed by atoms with van der Waals surface area (Å²) in [5, 5.41) is -0.0637. The predicted octanol–water partition coefficient (Wildman–Crippen LogP) is 3.76. The van der Waals surface area contributed by atoms with Gasteiger partial charge in [0.2, 0.25) is 0 Å². The molecule has 1 aromatic carbocycles. The summed E-state index contributed by atoms with van der Waals surface area (Å²) in [6, 6.07) is 3.50. The highest BCUT2D eigenvalue weighted by Crippen LogP contribution is 2.40. The van der Waals surface area contributed by atoms with E-state index in [1.807, 2.05) is 0 Å². The first-order chi connectivity index (χ1) is 7.36. The molecule has 0 radical (unpaired) electrons. The SMILES string of the molecule is CCC(N)=Nc1c(Cl)cccc1C(F)(F)F. The molecule has 6 heteroatoms. The van der Waals surface area contributed by atoms with Crippen LogP contribution in [0.5, 0.6) is 0 Å². The number of nitrogens with two attached hydrogens (primary N) is 1. The van der Waals surface area contributed by atoms with Crippen molar-refractivity contribution < 1.29 is 13.2 Å². The van der Waals surface area contributed by atoms with Crippen LogP contribution in [0.15, 0.2) is 23.2 Å². The summed E-state index contributed by atoms with van der Waals surface area (Å²) < 4.78 is 37.8. The van der Waals surface area contributed by atoms with Gasteiger partial charge in [-0.3, -0.25) is 0 Å². The molecule has 0 aliphatic heterocycles. The van der Waals surface area contributed by atoms with E-state index in [4.69, 9.17) is 17.3 Å². The minimum atomic E-state index is -4.49. The van der Waals surface area contributed by atoms with Crippen molar-refractivity contribution in [2.45, 2.75) is 19.5 Å². The van der Waals surface area contributed by atoms with Crippen molar-refractivity contribution in [2.75, 3.05) is 0 Å². The summed E-state index contributed by atoms with van der Waals surface area (Å²) >= 11 is 5.67. The molecule has 0 aliphatic carbocycles. The molecule has 1 aromatic rings. The summed E-state index contributed by atoms with van der Waals surface area (Å²) in [7, 11) is 0. The summed E-state index contributed by atoms with van der Waals surface area (Å²) in [6.07, 6.45) is -4.12. The van der Waals surface area contributed by atoms with Gasteiger partial charge in [0.1, 0.15) is 0 Å². The van der Waals surface area contributed by atoms with E-state index in [2.05, 4.69) is 4.99 Å². The minimum absolute atomic E-state index is 0.0637. The van der Waals surface area contributed by atoms with Gasteiger partial charge in [0.15, 0.2) is 0 Å². The molecule has 0 spiro atoms. The number of hydrogen-bond acceptors (Lipinski definition) is 1. The number of halogens is 4. The normalized spacial score (nSPS) is 12.9. The fourth-order valence-corrected chi connectivity index (χ4v) is 1.30. The van der Waals surface area contributed by atoms with E-state index in [0.717, 1.165) is 6.07 Å². The zero-order valence-corrected chi connectivity index (χ0v) is 9.23. The Morgan fingerprint density at radius 2 is 2.06 bits per heavy atom. The average molecular weight is 251 g/mol. The zero-order valence-electron chi connectivity index (χ0n) is 8.48. The van der Waals surface area contributed by atoms with Gasteiger partial charge in [-0.2, -0.15) is 13.2 Å². The van der Waals surface area contributed by atoms with Crippen LogP contribution in [-0.4, -0.2) is 5.84 Å². The first-order valence-electron chi connectivity index (χ1n) is 4.55. The van der Waals surface area contributed by atoms with Gasteiger partial charge in [0.05, 0.1) is 22.1 Å². The number of amidine groups is 1. The number of rotatable bonds is 2. The van der Waals surface area contributed by atoms with Crippen molar-refractivity contribution in [3.63, 3.8) is 0 Å². The lowest BCUT2D eigenvalue weighted by atomic mass is 10.1. The molecule has 0 saturated heterocycles. The number of para-hydroxylation sites is 1. The van der Waals surface area contributed by atoms with E-state index in [0.29, 0.717) is 6.42 Å². The topological polar surface area (TPSA) is 38.4 Å². The second kappa shape index (κ2) is 4.74. The number of alkyl halides is 3. The summed E-state index contributed by atoms with van der Waals surface area (Å²) in [4.78, 5) is 3.69. The molecule has 2 N–H and O–H groups in total. The van der Waals surface area contributed by atoms with Crippen LogP contribution in [0.25, 0.3) is 0 Å². The van der Waals surface area contributed by atoms with E-state index in [1.165, 1.54) is 12.1 Å². The molecular weight excluding hydrogens is 241 g/mol. The largest absolute Gasteiger partial charge is 0.418 e. The monoisotopic (exact) mass is 250 g/mol. The van der Waals surface area contributed by atoms with Gasteiger partial charge in [-0.15, -0.1) is 0 Å². The van der Waals surface area contributed by atoms with Gasteiger partial charge in [-0.1, -0.05) is 24.6 Å². The Kier molecular flexibility index (Phi) is 3.80. The van der Waals surface area contributed by atoms with Gasteiger partial charge in [-0.25, -0.2) is 4.99 Å². The smallest absolute Gasteiger partial charge is 0.387 e. The Labute approximate surface area is 95.9 Å². The first kappa shape index (κ1) is 12.8. The molecule has 0 aromatic heterocycles. The highest BCUT2D eigenvalue weighted by molar-refractivity contribution is 6.33. The fourth-order valence-electron chi connectivity index (χ4n) is 1.08. The molecule has 0 saturated carbocycles. The maximum Gasteiger partial charge on any atom is 0.418 e. The van der Waals surface area contributed by atoms with Gasteiger partial charge >= 0.3 is 6.18 Å². The Hall–Kier alpha value is -1.23. The van der Waals surface area contributed by atoms with Gasteiger partial charge in [0, 0.05) is 6.42 Å². The first-order valence-corrected chi connectivity index (χ1v) is 4.92. The second-order valence-electron chi connectivity index (χ2n) is 3.09. The van der Waals surface area contributed by atoms with Crippen LogP contribution in [0.1, 0.15) is 18.9 Å². The number of benzene rings is 1. The molecule has 0 fully saturated rings. The molecular formula is C10H10ClF3N2.